The molecule has 117 heavy (non-hydrogen) atoms. The molecule has 0 aliphatic carbocycles. The standard InChI is InChI=1S/C110H81BN6/c1-109(2,3)78-47-54-101-91(63-78)92-64-79(110(4,5)6)48-55-102(92)114(101)82-50-53-95-105(67-82)117(84-61-76(72-33-15-9-16-34-72)58-77(62-84)73-35-17-10-18-36-73)107-69-85(115-98-44-26-21-39-88(98)89-40-22-27-45-99(89)115)68-106-108(107)111(95)94-52-49-81(66-104(94)116(106)83-59-74(70-29-11-7-12-30-70)57-75(60-83)71-31-13-8-14-32-71)113-100-46-28-23-41-90(100)93-65-80(51-56-103(93)113)112-96-42-24-19-37-86(96)87-38-20-25-43-97(87)112/h7-69H,1-6H3/i21D,22D,26D,27D,39D,40D,44D,45D. The number of para-hydroxylation sites is 5. The first kappa shape index (κ1) is 60.2. The van der Waals surface area contributed by atoms with Crippen LogP contribution in [0.2, 0.25) is 0 Å². The van der Waals surface area contributed by atoms with Gasteiger partial charge >= 0.3 is 0 Å². The minimum absolute atomic E-state index is 0.00920. The molecule has 21 aromatic rings. The van der Waals surface area contributed by atoms with Gasteiger partial charge in [0.25, 0.3) is 6.71 Å². The highest BCUT2D eigenvalue weighted by Crippen LogP contribution is 2.51. The van der Waals surface area contributed by atoms with Crippen LogP contribution in [0, 0.1) is 0 Å². The van der Waals surface area contributed by atoms with E-state index in [1.807, 2.05) is 24.3 Å². The number of aromatic nitrogens is 4. The van der Waals surface area contributed by atoms with Gasteiger partial charge in [-0.25, -0.2) is 0 Å². The van der Waals surface area contributed by atoms with Crippen LogP contribution in [0.4, 0.5) is 34.1 Å². The van der Waals surface area contributed by atoms with Gasteiger partial charge in [-0.05, 0) is 228 Å². The lowest BCUT2D eigenvalue weighted by molar-refractivity contribution is 0.590. The van der Waals surface area contributed by atoms with Crippen LogP contribution < -0.4 is 26.2 Å². The topological polar surface area (TPSA) is 26.2 Å². The third-order valence-electron chi connectivity index (χ3n) is 24.6. The van der Waals surface area contributed by atoms with Crippen LogP contribution in [0.3, 0.4) is 0 Å². The Bertz CT molecular complexity index is 7850. The summed E-state index contributed by atoms with van der Waals surface area (Å²) in [5, 5.41) is 6.79. The van der Waals surface area contributed by atoms with Crippen molar-refractivity contribution >= 4 is 144 Å². The summed E-state index contributed by atoms with van der Waals surface area (Å²) in [5.74, 6) is 0. The average Bonchev–Trinajstić information content (AvgIpc) is 1.62. The van der Waals surface area contributed by atoms with E-state index in [0.29, 0.717) is 5.69 Å². The first-order chi connectivity index (χ1) is 60.6. The number of nitrogens with zero attached hydrogens (tertiary/aromatic N) is 6. The molecule has 0 amide bonds. The van der Waals surface area contributed by atoms with Gasteiger partial charge in [-0.2, -0.15) is 0 Å². The van der Waals surface area contributed by atoms with E-state index in [2.05, 4.69) is 374 Å². The third-order valence-corrected chi connectivity index (χ3v) is 24.6. The molecule has 6 heterocycles. The van der Waals surface area contributed by atoms with Gasteiger partial charge in [0.2, 0.25) is 0 Å². The van der Waals surface area contributed by atoms with E-state index in [1.54, 1.807) is 4.57 Å². The summed E-state index contributed by atoms with van der Waals surface area (Å²) in [6, 6.07) is 117. The summed E-state index contributed by atoms with van der Waals surface area (Å²) in [6.45, 7) is 13.1. The maximum atomic E-state index is 10.2. The van der Waals surface area contributed by atoms with E-state index in [0.717, 1.165) is 167 Å². The minimum Gasteiger partial charge on any atom is -0.311 e. The van der Waals surface area contributed by atoms with Gasteiger partial charge in [-0.15, -0.1) is 0 Å². The number of hydrogen-bond donors (Lipinski definition) is 0. The van der Waals surface area contributed by atoms with Gasteiger partial charge in [0.1, 0.15) is 0 Å². The van der Waals surface area contributed by atoms with Crippen LogP contribution in [0.5, 0.6) is 0 Å². The largest absolute Gasteiger partial charge is 0.311 e. The number of rotatable bonds is 10. The normalized spacial score (nSPS) is 13.8. The second kappa shape index (κ2) is 26.1. The van der Waals surface area contributed by atoms with E-state index in [-0.39, 0.29) is 32.6 Å². The number of fused-ring (bicyclic) bond motifs is 16. The molecular formula is C110H81BN6. The molecule has 554 valence electrons. The third kappa shape index (κ3) is 10.8. The van der Waals surface area contributed by atoms with E-state index in [4.69, 9.17) is 0 Å². The van der Waals surface area contributed by atoms with Crippen molar-refractivity contribution in [3.63, 3.8) is 0 Å². The van der Waals surface area contributed by atoms with Gasteiger partial charge in [-0.1, -0.05) is 278 Å². The highest BCUT2D eigenvalue weighted by Gasteiger charge is 2.45. The molecule has 0 fully saturated rings. The maximum Gasteiger partial charge on any atom is 0.252 e. The van der Waals surface area contributed by atoms with Gasteiger partial charge < -0.3 is 28.1 Å². The summed E-state index contributed by atoms with van der Waals surface area (Å²) in [6.07, 6.45) is 0. The van der Waals surface area contributed by atoms with E-state index in [9.17, 15) is 11.0 Å². The number of anilines is 6. The summed E-state index contributed by atoms with van der Waals surface area (Å²) >= 11 is 0. The molecule has 23 rings (SSSR count). The zero-order valence-electron chi connectivity index (χ0n) is 73.5. The Morgan fingerprint density at radius 1 is 0.222 bits per heavy atom. The summed E-state index contributed by atoms with van der Waals surface area (Å²) in [5.41, 5.74) is 27.4. The summed E-state index contributed by atoms with van der Waals surface area (Å²) in [7, 11) is 0. The summed E-state index contributed by atoms with van der Waals surface area (Å²) in [4.78, 5) is 4.80. The van der Waals surface area contributed by atoms with Gasteiger partial charge in [0.15, 0.2) is 0 Å². The van der Waals surface area contributed by atoms with E-state index < -0.39 is 55.1 Å². The fourth-order valence-corrected chi connectivity index (χ4v) is 19.1. The lowest BCUT2D eigenvalue weighted by Crippen LogP contribution is -2.61. The quantitative estimate of drug-likeness (QED) is 0.128. The van der Waals surface area contributed by atoms with Crippen molar-refractivity contribution in [3.8, 4) is 67.3 Å². The van der Waals surface area contributed by atoms with E-state index in [1.165, 1.54) is 21.9 Å². The first-order valence-corrected chi connectivity index (χ1v) is 40.3. The van der Waals surface area contributed by atoms with Crippen LogP contribution in [-0.4, -0.2) is 25.0 Å². The molecule has 17 aromatic carbocycles. The van der Waals surface area contributed by atoms with Crippen LogP contribution >= 0.6 is 0 Å². The molecule has 2 aliphatic heterocycles. The second-order valence-corrected chi connectivity index (χ2v) is 33.5. The maximum absolute atomic E-state index is 10.2. The Labute approximate surface area is 692 Å². The fraction of sp³-hybridized carbons (Fsp3) is 0.0727. The molecule has 2 aliphatic rings. The monoisotopic (exact) mass is 1500 g/mol. The first-order valence-electron chi connectivity index (χ1n) is 44.3. The molecule has 4 aromatic heterocycles. The molecule has 0 unspecified atom stereocenters. The number of benzene rings is 17. The Hall–Kier alpha value is -14.4. The molecule has 0 atom stereocenters. The predicted octanol–water partition coefficient (Wildman–Crippen LogP) is 27.4. The van der Waals surface area contributed by atoms with Crippen LogP contribution in [0.15, 0.2) is 382 Å². The molecule has 0 bridgehead atoms. The van der Waals surface area contributed by atoms with Crippen LogP contribution in [-0.2, 0) is 10.8 Å². The van der Waals surface area contributed by atoms with Crippen molar-refractivity contribution in [2.24, 2.45) is 0 Å². The van der Waals surface area contributed by atoms with Crippen molar-refractivity contribution in [3.05, 3.63) is 393 Å². The Morgan fingerprint density at radius 3 is 0.923 bits per heavy atom. The highest BCUT2D eigenvalue weighted by molar-refractivity contribution is 7.00. The van der Waals surface area contributed by atoms with Crippen molar-refractivity contribution in [1.29, 1.82) is 0 Å². The Balaban J connectivity index is 0.885. The molecule has 0 saturated heterocycles. The van der Waals surface area contributed by atoms with Crippen molar-refractivity contribution in [2.75, 3.05) is 9.80 Å². The van der Waals surface area contributed by atoms with Crippen molar-refractivity contribution in [1.82, 2.24) is 18.3 Å². The molecular weight excluding hydrogens is 1420 g/mol. The SMILES string of the molecule is [2H]c1c([2H])c([2H])c2c(c1[2H])c1c([2H])c([2H])c([2H])c([2H])c1n2-c1cc2c3c(c1)N(c1cc(-c4ccccc4)cc(-c4ccccc4)c1)c1cc(-n4c5ccc(C(C)(C)C)cc5c5cc(C(C)(C)C)ccc54)ccc1B3c1ccc(-n3c4ccccc4c4cc(-n5c6ccccc6c6ccccc65)ccc43)cc1N2c1cc(-c2ccccc2)cc(-c2ccccc2)c1. The molecule has 0 radical (unpaired) electrons. The molecule has 0 N–H and O–H groups in total. The van der Waals surface area contributed by atoms with Crippen molar-refractivity contribution in [2.45, 2.75) is 52.4 Å². The van der Waals surface area contributed by atoms with Gasteiger partial charge in [0, 0.05) is 94.3 Å². The fourth-order valence-electron chi connectivity index (χ4n) is 19.1. The number of hydrogen-bond acceptors (Lipinski definition) is 2. The summed E-state index contributed by atoms with van der Waals surface area (Å²) < 4.78 is 87.2. The molecule has 7 heteroatoms. The Morgan fingerprint density at radius 2 is 0.530 bits per heavy atom. The lowest BCUT2D eigenvalue weighted by Gasteiger charge is -2.45. The predicted molar refractivity (Wildman–Crippen MR) is 497 cm³/mol. The smallest absolute Gasteiger partial charge is 0.252 e. The average molecular weight is 1510 g/mol. The van der Waals surface area contributed by atoms with Gasteiger partial charge in [0.05, 0.1) is 60.8 Å². The second-order valence-electron chi connectivity index (χ2n) is 33.5. The van der Waals surface area contributed by atoms with Crippen LogP contribution in [0.1, 0.15) is 63.6 Å². The molecule has 6 nitrogen and oxygen atoms in total. The van der Waals surface area contributed by atoms with Crippen LogP contribution in [0.25, 0.3) is 154 Å². The van der Waals surface area contributed by atoms with Crippen molar-refractivity contribution < 1.29 is 11.0 Å². The minimum atomic E-state index is -0.548. The lowest BCUT2D eigenvalue weighted by atomic mass is 9.33. The Kier molecular flexibility index (Phi) is 13.4. The van der Waals surface area contributed by atoms with Gasteiger partial charge in [-0.3, -0.25) is 0 Å². The highest BCUT2D eigenvalue weighted by atomic mass is 15.2. The van der Waals surface area contributed by atoms with E-state index >= 15 is 0 Å². The molecule has 0 saturated carbocycles. The molecule has 0 spiro atoms. The zero-order valence-corrected chi connectivity index (χ0v) is 65.5. The zero-order chi connectivity index (χ0) is 85.1.